The molecule has 182 valence electrons. The fraction of sp³-hybridized carbons (Fsp3) is 0.160. The molecule has 2 amide bonds. The van der Waals surface area contributed by atoms with Crippen LogP contribution in [0.1, 0.15) is 24.5 Å². The molecule has 2 N–H and O–H groups in total. The van der Waals surface area contributed by atoms with Gasteiger partial charge in [0, 0.05) is 10.2 Å². The van der Waals surface area contributed by atoms with Gasteiger partial charge in [-0.05, 0) is 66.6 Å². The van der Waals surface area contributed by atoms with E-state index in [1.54, 1.807) is 30.3 Å². The number of ether oxygens (including phenoxy) is 2. The van der Waals surface area contributed by atoms with E-state index in [1.165, 1.54) is 12.3 Å². The number of nitrogens with zero attached hydrogens (tertiary/aromatic N) is 1. The lowest BCUT2D eigenvalue weighted by Crippen LogP contribution is -2.24. The average Bonchev–Trinajstić information content (AvgIpc) is 2.82. The molecule has 0 atom stereocenters. The first-order valence-electron chi connectivity index (χ1n) is 10.5. The summed E-state index contributed by atoms with van der Waals surface area (Å²) in [5.74, 6) is 0.0658. The van der Waals surface area contributed by atoms with Crippen LogP contribution in [0.4, 0.5) is 5.69 Å². The first kappa shape index (κ1) is 26.5. The largest absolute Gasteiger partial charge is 0.490 e. The molecule has 0 radical (unpaired) electrons. The number of rotatable bonds is 10. The zero-order valence-electron chi connectivity index (χ0n) is 18.7. The van der Waals surface area contributed by atoms with E-state index in [0.717, 1.165) is 10.0 Å². The van der Waals surface area contributed by atoms with Crippen molar-refractivity contribution >= 4 is 62.8 Å². The molecule has 0 aliphatic rings. The average molecular weight is 579 g/mol. The molecule has 0 heterocycles. The minimum atomic E-state index is -0.571. The highest BCUT2D eigenvalue weighted by molar-refractivity contribution is 9.10. The second-order valence-corrected chi connectivity index (χ2v) is 8.93. The number of benzene rings is 3. The van der Waals surface area contributed by atoms with Crippen LogP contribution in [0.5, 0.6) is 11.5 Å². The van der Waals surface area contributed by atoms with E-state index in [4.69, 9.17) is 32.7 Å². The van der Waals surface area contributed by atoms with Crippen LogP contribution in [-0.2, 0) is 16.2 Å². The maximum Gasteiger partial charge on any atom is 0.249 e. The van der Waals surface area contributed by atoms with Crippen molar-refractivity contribution in [1.29, 1.82) is 0 Å². The monoisotopic (exact) mass is 577 g/mol. The van der Waals surface area contributed by atoms with Crippen LogP contribution in [-0.4, -0.2) is 24.6 Å². The summed E-state index contributed by atoms with van der Waals surface area (Å²) in [6.45, 7) is 2.73. The van der Waals surface area contributed by atoms with Gasteiger partial charge in [0.25, 0.3) is 0 Å². The second-order valence-electron chi connectivity index (χ2n) is 7.20. The quantitative estimate of drug-likeness (QED) is 0.170. The summed E-state index contributed by atoms with van der Waals surface area (Å²) < 4.78 is 12.6. The summed E-state index contributed by atoms with van der Waals surface area (Å²) in [6, 6.07) is 17.8. The molecule has 3 rings (SSSR count). The Morgan fingerprint density at radius 1 is 0.943 bits per heavy atom. The zero-order valence-corrected chi connectivity index (χ0v) is 21.8. The summed E-state index contributed by atoms with van der Waals surface area (Å²) >= 11 is 15.2. The molecule has 0 aliphatic heterocycles. The summed E-state index contributed by atoms with van der Waals surface area (Å²) in [7, 11) is 0. The van der Waals surface area contributed by atoms with Gasteiger partial charge in [-0.1, -0.05) is 51.3 Å². The zero-order chi connectivity index (χ0) is 25.2. The van der Waals surface area contributed by atoms with Crippen LogP contribution >= 0.6 is 39.1 Å². The number of hydrogen-bond acceptors (Lipinski definition) is 5. The van der Waals surface area contributed by atoms with E-state index in [0.29, 0.717) is 46.0 Å². The number of halogens is 3. The smallest absolute Gasteiger partial charge is 0.249 e. The van der Waals surface area contributed by atoms with Crippen molar-refractivity contribution < 1.29 is 19.1 Å². The molecular weight excluding hydrogens is 557 g/mol. The number of anilines is 1. The Morgan fingerprint density at radius 2 is 1.71 bits per heavy atom. The lowest BCUT2D eigenvalue weighted by molar-refractivity contribution is -0.126. The maximum absolute atomic E-state index is 12.1. The van der Waals surface area contributed by atoms with Gasteiger partial charge in [-0.2, -0.15) is 5.10 Å². The summed E-state index contributed by atoms with van der Waals surface area (Å²) in [6.07, 6.45) is 1.04. The molecule has 3 aromatic rings. The van der Waals surface area contributed by atoms with E-state index in [9.17, 15) is 9.59 Å². The number of amides is 2. The highest BCUT2D eigenvalue weighted by atomic mass is 79.9. The summed E-state index contributed by atoms with van der Waals surface area (Å²) in [4.78, 5) is 24.1. The predicted octanol–water partition coefficient (Wildman–Crippen LogP) is 6.21. The van der Waals surface area contributed by atoms with E-state index in [1.807, 2.05) is 31.2 Å². The van der Waals surface area contributed by atoms with Crippen LogP contribution in [0.25, 0.3) is 0 Å². The Hall–Kier alpha value is -3.07. The molecule has 0 saturated heterocycles. The van der Waals surface area contributed by atoms with Crippen molar-refractivity contribution in [3.05, 3.63) is 86.3 Å². The van der Waals surface area contributed by atoms with Gasteiger partial charge in [0.15, 0.2) is 11.5 Å². The molecule has 0 bridgehead atoms. The first-order valence-corrected chi connectivity index (χ1v) is 12.1. The Balaban J connectivity index is 1.53. The normalized spacial score (nSPS) is 10.7. The molecular formula is C25H22BrCl2N3O4. The van der Waals surface area contributed by atoms with Crippen LogP contribution in [0.15, 0.2) is 70.2 Å². The number of hydrogen-bond donors (Lipinski definition) is 2. The van der Waals surface area contributed by atoms with Crippen LogP contribution in [0.3, 0.4) is 0 Å². The minimum Gasteiger partial charge on any atom is -0.490 e. The maximum atomic E-state index is 12.1. The number of carbonyl (C=O) groups is 2. The minimum absolute atomic E-state index is 0.301. The lowest BCUT2D eigenvalue weighted by atomic mass is 10.2. The van der Waals surface area contributed by atoms with E-state index >= 15 is 0 Å². The number of hydrazone groups is 1. The molecule has 0 fully saturated rings. The van der Waals surface area contributed by atoms with E-state index in [2.05, 4.69) is 31.8 Å². The third-order valence-electron chi connectivity index (χ3n) is 4.50. The fourth-order valence-corrected chi connectivity index (χ4v) is 3.44. The topological polar surface area (TPSA) is 89.0 Å². The van der Waals surface area contributed by atoms with Crippen LogP contribution in [0.2, 0.25) is 10.0 Å². The van der Waals surface area contributed by atoms with Gasteiger partial charge in [0.2, 0.25) is 11.8 Å². The molecule has 0 aromatic heterocycles. The van der Waals surface area contributed by atoms with Gasteiger partial charge in [0.1, 0.15) is 13.0 Å². The van der Waals surface area contributed by atoms with Crippen LogP contribution in [0, 0.1) is 0 Å². The molecule has 3 aromatic carbocycles. The van der Waals surface area contributed by atoms with Gasteiger partial charge in [-0.15, -0.1) is 0 Å². The van der Waals surface area contributed by atoms with Gasteiger partial charge < -0.3 is 14.8 Å². The van der Waals surface area contributed by atoms with Crippen molar-refractivity contribution in [3.63, 3.8) is 0 Å². The lowest BCUT2D eigenvalue weighted by Gasteiger charge is -2.12. The Labute approximate surface area is 221 Å². The molecule has 0 spiro atoms. The van der Waals surface area contributed by atoms with Crippen LogP contribution < -0.4 is 20.2 Å². The Morgan fingerprint density at radius 3 is 2.43 bits per heavy atom. The van der Waals surface area contributed by atoms with E-state index < -0.39 is 18.2 Å². The third-order valence-corrected chi connectivity index (χ3v) is 5.77. The fourth-order valence-electron chi connectivity index (χ4n) is 2.88. The Bertz CT molecular complexity index is 1220. The SMILES string of the molecule is CCOc1cc(/C=N\NC(=O)CC(=O)Nc2ccc(Cl)c(Cl)c2)ccc1OCc1ccc(Br)cc1. The molecule has 35 heavy (non-hydrogen) atoms. The number of carbonyl (C=O) groups excluding carboxylic acids is 2. The van der Waals surface area contributed by atoms with Crippen molar-refractivity contribution in [2.75, 3.05) is 11.9 Å². The van der Waals surface area contributed by atoms with Crippen molar-refractivity contribution in [1.82, 2.24) is 5.43 Å². The summed E-state index contributed by atoms with van der Waals surface area (Å²) in [5, 5.41) is 7.16. The second kappa shape index (κ2) is 13.1. The summed E-state index contributed by atoms with van der Waals surface area (Å²) in [5.41, 5.74) is 4.47. The molecule has 0 saturated carbocycles. The third kappa shape index (κ3) is 8.58. The highest BCUT2D eigenvalue weighted by Gasteiger charge is 2.10. The van der Waals surface area contributed by atoms with Gasteiger partial charge >= 0.3 is 0 Å². The molecule has 0 aliphatic carbocycles. The van der Waals surface area contributed by atoms with Gasteiger partial charge in [0.05, 0.1) is 22.9 Å². The Kier molecular flexibility index (Phi) is 9.96. The molecule has 10 heteroatoms. The van der Waals surface area contributed by atoms with Crippen molar-refractivity contribution in [2.45, 2.75) is 20.0 Å². The van der Waals surface area contributed by atoms with E-state index in [-0.39, 0.29) is 0 Å². The van der Waals surface area contributed by atoms with Gasteiger partial charge in [-0.25, -0.2) is 5.43 Å². The van der Waals surface area contributed by atoms with Crippen molar-refractivity contribution in [3.8, 4) is 11.5 Å². The molecule has 0 unspecified atom stereocenters. The standard InChI is InChI=1S/C25H22BrCl2N3O4/c1-2-34-23-11-17(5-10-22(23)35-15-16-3-6-18(26)7-4-16)14-29-31-25(33)13-24(32)30-19-8-9-20(27)21(28)12-19/h3-12,14H,2,13,15H2,1H3,(H,30,32)(H,31,33)/b29-14-. The predicted molar refractivity (Wildman–Crippen MR) is 142 cm³/mol. The number of nitrogens with one attached hydrogen (secondary N) is 2. The van der Waals surface area contributed by atoms with Gasteiger partial charge in [-0.3, -0.25) is 9.59 Å². The molecule has 7 nitrogen and oxygen atoms in total. The highest BCUT2D eigenvalue weighted by Crippen LogP contribution is 2.29. The first-order chi connectivity index (χ1) is 16.8. The van der Waals surface area contributed by atoms with Crippen molar-refractivity contribution in [2.24, 2.45) is 5.10 Å².